The molecule has 1 aliphatic rings. The average Bonchev–Trinajstić information content (AvgIpc) is 3.19. The normalized spacial score (nSPS) is 17.2. The minimum Gasteiger partial charge on any atom is -0.371 e. The minimum atomic E-state index is 0.105. The van der Waals surface area contributed by atoms with Gasteiger partial charge in [0.1, 0.15) is 5.76 Å². The zero-order chi connectivity index (χ0) is 16.9. The number of rotatable bonds is 6. The van der Waals surface area contributed by atoms with E-state index >= 15 is 0 Å². The molecule has 1 atom stereocenters. The van der Waals surface area contributed by atoms with E-state index < -0.39 is 0 Å². The van der Waals surface area contributed by atoms with Gasteiger partial charge in [-0.25, -0.2) is 0 Å². The second kappa shape index (κ2) is 7.51. The second-order valence-corrected chi connectivity index (χ2v) is 6.54. The summed E-state index contributed by atoms with van der Waals surface area (Å²) in [5.74, 6) is 1.44. The molecule has 24 heavy (non-hydrogen) atoms. The van der Waals surface area contributed by atoms with E-state index in [4.69, 9.17) is 4.52 Å². The van der Waals surface area contributed by atoms with Crippen molar-refractivity contribution in [3.63, 3.8) is 0 Å². The van der Waals surface area contributed by atoms with Crippen LogP contribution in [0, 0.1) is 19.8 Å². The third kappa shape index (κ3) is 3.96. The Kier molecular flexibility index (Phi) is 5.18. The Morgan fingerprint density at radius 3 is 2.83 bits per heavy atom. The van der Waals surface area contributed by atoms with Crippen molar-refractivity contribution in [1.82, 2.24) is 10.5 Å². The molecule has 5 nitrogen and oxygen atoms in total. The molecule has 128 valence electrons. The van der Waals surface area contributed by atoms with Gasteiger partial charge in [-0.2, -0.15) is 0 Å². The highest BCUT2D eigenvalue weighted by molar-refractivity contribution is 5.76. The van der Waals surface area contributed by atoms with Crippen molar-refractivity contribution in [2.24, 2.45) is 5.92 Å². The van der Waals surface area contributed by atoms with Crippen LogP contribution in [0.15, 0.2) is 34.9 Å². The van der Waals surface area contributed by atoms with Crippen molar-refractivity contribution in [3.8, 4) is 0 Å². The van der Waals surface area contributed by atoms with Gasteiger partial charge < -0.3 is 14.7 Å². The summed E-state index contributed by atoms with van der Waals surface area (Å²) < 4.78 is 5.14. The first-order valence-corrected chi connectivity index (χ1v) is 8.62. The Morgan fingerprint density at radius 1 is 1.33 bits per heavy atom. The van der Waals surface area contributed by atoms with Crippen LogP contribution in [-0.4, -0.2) is 30.7 Å². The summed E-state index contributed by atoms with van der Waals surface area (Å²) >= 11 is 0. The van der Waals surface area contributed by atoms with Crippen LogP contribution in [0.2, 0.25) is 0 Å². The van der Waals surface area contributed by atoms with Crippen molar-refractivity contribution in [2.75, 3.05) is 24.5 Å². The molecule has 0 aliphatic carbocycles. The molecule has 0 radical (unpaired) electrons. The van der Waals surface area contributed by atoms with Gasteiger partial charge >= 0.3 is 0 Å². The number of benzene rings is 1. The summed E-state index contributed by atoms with van der Waals surface area (Å²) in [7, 11) is 0. The molecule has 5 heteroatoms. The van der Waals surface area contributed by atoms with E-state index in [1.807, 2.05) is 19.9 Å². The summed E-state index contributed by atoms with van der Waals surface area (Å²) in [6.45, 7) is 6.63. The van der Waals surface area contributed by atoms with Crippen molar-refractivity contribution in [2.45, 2.75) is 33.1 Å². The predicted molar refractivity (Wildman–Crippen MR) is 94.1 cm³/mol. The topological polar surface area (TPSA) is 58.4 Å². The molecule has 3 rings (SSSR count). The number of hydrogen-bond acceptors (Lipinski definition) is 4. The highest BCUT2D eigenvalue weighted by atomic mass is 16.5. The van der Waals surface area contributed by atoms with E-state index in [0.717, 1.165) is 43.1 Å². The van der Waals surface area contributed by atoms with Gasteiger partial charge in [-0.3, -0.25) is 4.79 Å². The molecule has 1 saturated heterocycles. The first-order chi connectivity index (χ1) is 11.6. The van der Waals surface area contributed by atoms with Gasteiger partial charge in [0.15, 0.2) is 0 Å². The lowest BCUT2D eigenvalue weighted by atomic mass is 10.1. The van der Waals surface area contributed by atoms with Crippen LogP contribution in [0.4, 0.5) is 5.69 Å². The van der Waals surface area contributed by atoms with Crippen LogP contribution in [0.25, 0.3) is 0 Å². The van der Waals surface area contributed by atoms with Crippen molar-refractivity contribution < 1.29 is 9.32 Å². The summed E-state index contributed by atoms with van der Waals surface area (Å²) in [6.07, 6.45) is 2.30. The molecule has 1 aliphatic heterocycles. The molecular formula is C19H25N3O2. The number of amides is 1. The van der Waals surface area contributed by atoms with Crippen molar-refractivity contribution >= 4 is 11.6 Å². The fraction of sp³-hybridized carbons (Fsp3) is 0.474. The molecule has 0 saturated carbocycles. The van der Waals surface area contributed by atoms with Gasteiger partial charge in [-0.15, -0.1) is 0 Å². The molecule has 1 amide bonds. The minimum absolute atomic E-state index is 0.105. The Balaban J connectivity index is 1.41. The predicted octanol–water partition coefficient (Wildman–Crippen LogP) is 2.87. The standard InChI is InChI=1S/C19H25N3O2/c1-14-18(15(2)24-21-14)8-9-19(23)20-12-16-10-11-22(13-16)17-6-4-3-5-7-17/h3-7,16H,8-13H2,1-2H3,(H,20,23)/t16-/m0/s1. The first-order valence-electron chi connectivity index (χ1n) is 8.62. The second-order valence-electron chi connectivity index (χ2n) is 6.54. The lowest BCUT2D eigenvalue weighted by molar-refractivity contribution is -0.121. The Hall–Kier alpha value is -2.30. The number of carbonyl (C=O) groups is 1. The monoisotopic (exact) mass is 327 g/mol. The highest BCUT2D eigenvalue weighted by Gasteiger charge is 2.23. The maximum atomic E-state index is 12.1. The number of anilines is 1. The molecule has 1 N–H and O–H groups in total. The largest absolute Gasteiger partial charge is 0.371 e. The number of para-hydroxylation sites is 1. The van der Waals surface area contributed by atoms with Gasteiger partial charge in [-0.1, -0.05) is 23.4 Å². The molecule has 1 fully saturated rings. The van der Waals surface area contributed by atoms with Gasteiger partial charge in [-0.05, 0) is 44.7 Å². The molecule has 1 aromatic carbocycles. The zero-order valence-electron chi connectivity index (χ0n) is 14.4. The maximum Gasteiger partial charge on any atom is 0.220 e. The molecular weight excluding hydrogens is 302 g/mol. The number of aryl methyl sites for hydroxylation is 2. The van der Waals surface area contributed by atoms with Gasteiger partial charge in [0.25, 0.3) is 0 Å². The summed E-state index contributed by atoms with van der Waals surface area (Å²) in [4.78, 5) is 14.5. The van der Waals surface area contributed by atoms with E-state index in [-0.39, 0.29) is 5.91 Å². The third-order valence-electron chi connectivity index (χ3n) is 4.78. The van der Waals surface area contributed by atoms with E-state index in [0.29, 0.717) is 18.8 Å². The van der Waals surface area contributed by atoms with E-state index in [2.05, 4.69) is 39.6 Å². The van der Waals surface area contributed by atoms with Crippen LogP contribution in [-0.2, 0) is 11.2 Å². The van der Waals surface area contributed by atoms with Gasteiger partial charge in [0.05, 0.1) is 5.69 Å². The molecule has 1 aromatic heterocycles. The Labute approximate surface area is 143 Å². The van der Waals surface area contributed by atoms with Crippen LogP contribution in [0.5, 0.6) is 0 Å². The average molecular weight is 327 g/mol. The van der Waals surface area contributed by atoms with E-state index in [1.165, 1.54) is 5.69 Å². The van der Waals surface area contributed by atoms with Crippen LogP contribution in [0.1, 0.15) is 29.9 Å². The lowest BCUT2D eigenvalue weighted by Crippen LogP contribution is -2.31. The van der Waals surface area contributed by atoms with Crippen LogP contribution in [0.3, 0.4) is 0 Å². The number of carbonyl (C=O) groups excluding carboxylic acids is 1. The third-order valence-corrected chi connectivity index (χ3v) is 4.78. The molecule has 0 spiro atoms. The fourth-order valence-corrected chi connectivity index (χ4v) is 3.32. The summed E-state index contributed by atoms with van der Waals surface area (Å²) in [5.41, 5.74) is 3.21. The molecule has 0 unspecified atom stereocenters. The van der Waals surface area contributed by atoms with Crippen LogP contribution >= 0.6 is 0 Å². The molecule has 2 heterocycles. The quantitative estimate of drug-likeness (QED) is 0.886. The van der Waals surface area contributed by atoms with Crippen molar-refractivity contribution in [1.29, 1.82) is 0 Å². The highest BCUT2D eigenvalue weighted by Crippen LogP contribution is 2.23. The summed E-state index contributed by atoms with van der Waals surface area (Å²) in [5, 5.41) is 7.01. The fourth-order valence-electron chi connectivity index (χ4n) is 3.32. The van der Waals surface area contributed by atoms with E-state index in [9.17, 15) is 4.79 Å². The van der Waals surface area contributed by atoms with Crippen molar-refractivity contribution in [3.05, 3.63) is 47.3 Å². The number of nitrogens with one attached hydrogen (secondary N) is 1. The van der Waals surface area contributed by atoms with Crippen LogP contribution < -0.4 is 10.2 Å². The zero-order valence-corrected chi connectivity index (χ0v) is 14.4. The maximum absolute atomic E-state index is 12.1. The van der Waals surface area contributed by atoms with E-state index in [1.54, 1.807) is 0 Å². The number of nitrogens with zero attached hydrogens (tertiary/aromatic N) is 2. The van der Waals surface area contributed by atoms with Gasteiger partial charge in [0.2, 0.25) is 5.91 Å². The Bertz CT molecular complexity index is 662. The Morgan fingerprint density at radius 2 is 2.12 bits per heavy atom. The summed E-state index contributed by atoms with van der Waals surface area (Å²) in [6, 6.07) is 10.5. The number of aromatic nitrogens is 1. The molecule has 0 bridgehead atoms. The number of hydrogen-bond donors (Lipinski definition) is 1. The van der Waals surface area contributed by atoms with Gasteiger partial charge in [0, 0.05) is 37.3 Å². The SMILES string of the molecule is Cc1noc(C)c1CCC(=O)NC[C@@H]1CCN(c2ccccc2)C1. The lowest BCUT2D eigenvalue weighted by Gasteiger charge is -2.18. The smallest absolute Gasteiger partial charge is 0.220 e. The molecule has 2 aromatic rings. The first kappa shape index (κ1) is 16.6.